The van der Waals surface area contributed by atoms with Crippen LogP contribution in [0.4, 0.5) is 11.6 Å². The lowest BCUT2D eigenvalue weighted by atomic mass is 10.1. The molecule has 0 bridgehead atoms. The Morgan fingerprint density at radius 3 is 2.39 bits per heavy atom. The molecule has 0 aliphatic rings. The fourth-order valence-electron chi connectivity index (χ4n) is 2.30. The van der Waals surface area contributed by atoms with Crippen LogP contribution in [0.5, 0.6) is 0 Å². The number of nitrogens with one attached hydrogen (secondary N) is 1. The van der Waals surface area contributed by atoms with Gasteiger partial charge in [-0.3, -0.25) is 4.79 Å². The van der Waals surface area contributed by atoms with Crippen LogP contribution in [0.3, 0.4) is 0 Å². The lowest BCUT2D eigenvalue weighted by Crippen LogP contribution is -2.13. The Labute approximate surface area is 139 Å². The van der Waals surface area contributed by atoms with E-state index in [4.69, 9.17) is 5.73 Å². The van der Waals surface area contributed by atoms with Crippen molar-refractivity contribution in [3.8, 4) is 11.1 Å². The zero-order chi connectivity index (χ0) is 16.4. The quantitative estimate of drug-likeness (QED) is 0.756. The molecule has 0 spiro atoms. The Balaban J connectivity index is 1.82. The van der Waals surface area contributed by atoms with Gasteiger partial charge in [0.25, 0.3) is 5.91 Å². The molecule has 0 atom stereocenters. The number of anilines is 2. The third kappa shape index (κ3) is 3.24. The molecule has 1 amide bonds. The van der Waals surface area contributed by atoms with E-state index in [0.29, 0.717) is 17.2 Å². The summed E-state index contributed by atoms with van der Waals surface area (Å²) in [5, 5.41) is 6.90. The van der Waals surface area contributed by atoms with Crippen LogP contribution in [0.15, 0.2) is 47.2 Å². The molecular weight excluding hydrogens is 306 g/mol. The van der Waals surface area contributed by atoms with Gasteiger partial charge in [0.15, 0.2) is 0 Å². The number of rotatable bonds is 3. The van der Waals surface area contributed by atoms with Crippen molar-refractivity contribution in [3.63, 3.8) is 0 Å². The highest BCUT2D eigenvalue weighted by Gasteiger charge is 2.11. The van der Waals surface area contributed by atoms with E-state index in [2.05, 4.69) is 15.7 Å². The second-order valence-electron chi connectivity index (χ2n) is 5.42. The van der Waals surface area contributed by atoms with Crippen molar-refractivity contribution in [2.45, 2.75) is 13.8 Å². The number of aryl methyl sites for hydroxylation is 2. The van der Waals surface area contributed by atoms with Gasteiger partial charge in [-0.1, -0.05) is 17.7 Å². The van der Waals surface area contributed by atoms with Crippen molar-refractivity contribution in [3.05, 3.63) is 63.8 Å². The predicted molar refractivity (Wildman–Crippen MR) is 95.8 cm³/mol. The van der Waals surface area contributed by atoms with Gasteiger partial charge in [0.1, 0.15) is 11.6 Å². The van der Waals surface area contributed by atoms with Gasteiger partial charge in [0.2, 0.25) is 0 Å². The van der Waals surface area contributed by atoms with E-state index in [9.17, 15) is 4.79 Å². The van der Waals surface area contributed by atoms with Crippen LogP contribution >= 0.6 is 11.3 Å². The fraction of sp³-hybridized carbons (Fsp3) is 0.111. The number of nitrogens with zero attached hydrogens (tertiary/aromatic N) is 1. The average molecular weight is 323 g/mol. The normalized spacial score (nSPS) is 10.5. The molecule has 2 heterocycles. The molecule has 5 heteroatoms. The van der Waals surface area contributed by atoms with Gasteiger partial charge in [-0.2, -0.15) is 11.3 Å². The highest BCUT2D eigenvalue weighted by atomic mass is 32.1. The molecule has 23 heavy (non-hydrogen) atoms. The summed E-state index contributed by atoms with van der Waals surface area (Å²) >= 11 is 1.63. The summed E-state index contributed by atoms with van der Waals surface area (Å²) in [6.45, 7) is 4.02. The third-order valence-corrected chi connectivity index (χ3v) is 4.49. The number of thiophene rings is 1. The molecule has 1 aromatic carbocycles. The van der Waals surface area contributed by atoms with Crippen molar-refractivity contribution in [1.29, 1.82) is 0 Å². The molecule has 0 aliphatic carbocycles. The minimum absolute atomic E-state index is 0.198. The van der Waals surface area contributed by atoms with Gasteiger partial charge in [-0.15, -0.1) is 0 Å². The van der Waals surface area contributed by atoms with Crippen LogP contribution in [0.1, 0.15) is 21.5 Å². The molecular formula is C18H17N3OS. The van der Waals surface area contributed by atoms with Crippen LogP contribution in [0.2, 0.25) is 0 Å². The molecule has 4 nitrogen and oxygen atoms in total. The minimum atomic E-state index is -0.198. The largest absolute Gasteiger partial charge is 0.383 e. The van der Waals surface area contributed by atoms with Crippen LogP contribution < -0.4 is 11.1 Å². The van der Waals surface area contributed by atoms with Crippen molar-refractivity contribution in [2.24, 2.45) is 0 Å². The van der Waals surface area contributed by atoms with E-state index in [-0.39, 0.29) is 5.91 Å². The lowest BCUT2D eigenvalue weighted by Gasteiger charge is -2.09. The molecule has 0 radical (unpaired) electrons. The van der Waals surface area contributed by atoms with Crippen LogP contribution in [-0.4, -0.2) is 10.9 Å². The van der Waals surface area contributed by atoms with E-state index in [1.807, 2.05) is 37.4 Å². The van der Waals surface area contributed by atoms with Crippen LogP contribution in [0, 0.1) is 13.8 Å². The molecule has 0 aliphatic heterocycles. The fourth-order valence-corrected chi connectivity index (χ4v) is 3.15. The number of hydrogen-bond acceptors (Lipinski definition) is 4. The first kappa shape index (κ1) is 15.2. The number of aromatic nitrogens is 1. The first-order valence-corrected chi connectivity index (χ1v) is 8.16. The number of nitrogens with two attached hydrogens (primary N) is 1. The Hall–Kier alpha value is -2.66. The Kier molecular flexibility index (Phi) is 4.12. The Morgan fingerprint density at radius 1 is 1.04 bits per heavy atom. The number of nitrogen functional groups attached to an aromatic ring is 1. The Bertz CT molecular complexity index is 853. The number of carbonyl (C=O) groups excluding carboxylic acids is 1. The maximum atomic E-state index is 12.2. The first-order valence-electron chi connectivity index (χ1n) is 7.22. The van der Waals surface area contributed by atoms with Gasteiger partial charge in [-0.05, 0) is 60.0 Å². The van der Waals surface area contributed by atoms with Gasteiger partial charge in [0, 0.05) is 11.1 Å². The summed E-state index contributed by atoms with van der Waals surface area (Å²) in [5.74, 6) is 0.661. The van der Waals surface area contributed by atoms with Crippen LogP contribution in [0.25, 0.3) is 11.1 Å². The van der Waals surface area contributed by atoms with Crippen molar-refractivity contribution >= 4 is 28.9 Å². The summed E-state index contributed by atoms with van der Waals surface area (Å²) in [7, 11) is 0. The second-order valence-corrected chi connectivity index (χ2v) is 6.16. The van der Waals surface area contributed by atoms with Crippen molar-refractivity contribution in [2.75, 3.05) is 11.1 Å². The summed E-state index contributed by atoms with van der Waals surface area (Å²) in [4.78, 5) is 16.5. The summed E-state index contributed by atoms with van der Waals surface area (Å²) in [5.41, 5.74) is 10.9. The number of benzene rings is 1. The molecule has 2 aromatic heterocycles. The van der Waals surface area contributed by atoms with E-state index < -0.39 is 0 Å². The number of hydrogen-bond donors (Lipinski definition) is 2. The predicted octanol–water partition coefficient (Wildman–Crippen LogP) is 4.26. The minimum Gasteiger partial charge on any atom is -0.383 e. The molecule has 3 N–H and O–H groups in total. The molecule has 3 rings (SSSR count). The van der Waals surface area contributed by atoms with Gasteiger partial charge in [0.05, 0.1) is 0 Å². The summed E-state index contributed by atoms with van der Waals surface area (Å²) in [6.07, 6.45) is 0. The second kappa shape index (κ2) is 6.22. The monoisotopic (exact) mass is 323 g/mol. The van der Waals surface area contributed by atoms with Gasteiger partial charge >= 0.3 is 0 Å². The zero-order valence-electron chi connectivity index (χ0n) is 13.0. The molecule has 0 saturated carbocycles. The van der Waals surface area contributed by atoms with Gasteiger partial charge in [-0.25, -0.2) is 4.98 Å². The topological polar surface area (TPSA) is 68.0 Å². The molecule has 0 unspecified atom stereocenters. The van der Waals surface area contributed by atoms with Crippen molar-refractivity contribution in [1.82, 2.24) is 4.98 Å². The third-order valence-electron chi connectivity index (χ3n) is 3.63. The smallest absolute Gasteiger partial charge is 0.256 e. The maximum Gasteiger partial charge on any atom is 0.256 e. The van der Waals surface area contributed by atoms with E-state index >= 15 is 0 Å². The zero-order valence-corrected chi connectivity index (χ0v) is 13.8. The average Bonchev–Trinajstić information content (AvgIpc) is 2.94. The lowest BCUT2D eigenvalue weighted by molar-refractivity contribution is 0.102. The van der Waals surface area contributed by atoms with Crippen molar-refractivity contribution < 1.29 is 4.79 Å². The summed E-state index contributed by atoms with van der Waals surface area (Å²) < 4.78 is 0. The number of amides is 1. The van der Waals surface area contributed by atoms with Gasteiger partial charge < -0.3 is 11.1 Å². The first-order chi connectivity index (χ1) is 11.0. The molecule has 0 fully saturated rings. The van der Waals surface area contributed by atoms with E-state index in [1.54, 1.807) is 29.5 Å². The number of carbonyl (C=O) groups is 1. The highest BCUT2D eigenvalue weighted by molar-refractivity contribution is 7.08. The summed E-state index contributed by atoms with van der Waals surface area (Å²) in [6, 6.07) is 11.0. The SMILES string of the molecule is Cc1ccc(C(=O)Nc2ccc(-c3cscc3C)c(N)n2)cc1. The molecule has 116 valence electrons. The molecule has 3 aromatic rings. The number of pyridine rings is 1. The van der Waals surface area contributed by atoms with E-state index in [1.165, 1.54) is 5.56 Å². The maximum absolute atomic E-state index is 12.2. The highest BCUT2D eigenvalue weighted by Crippen LogP contribution is 2.31. The molecule has 0 saturated heterocycles. The standard InChI is InChI=1S/C18H17N3OS/c1-11-3-5-13(6-4-11)18(22)21-16-8-7-14(17(19)20-16)15-10-23-9-12(15)2/h3-10H,1-2H3,(H3,19,20,21,22). The Morgan fingerprint density at radius 2 is 1.78 bits per heavy atom. The van der Waals surface area contributed by atoms with Crippen LogP contribution in [-0.2, 0) is 0 Å². The van der Waals surface area contributed by atoms with E-state index in [0.717, 1.165) is 16.7 Å².